The first kappa shape index (κ1) is 12.8. The number of hydrogen-bond acceptors (Lipinski definition) is 3. The molecule has 4 heteroatoms. The SMILES string of the molecule is O=CN(CCC1CCCCC1)N1CCOCC1. The first-order valence-electron chi connectivity index (χ1n) is 6.94. The molecule has 0 unspecified atom stereocenters. The van der Waals surface area contributed by atoms with Crippen LogP contribution in [0.2, 0.25) is 0 Å². The number of rotatable bonds is 5. The maximum Gasteiger partial charge on any atom is 0.224 e. The van der Waals surface area contributed by atoms with Crippen LogP contribution in [0.15, 0.2) is 0 Å². The predicted octanol–water partition coefficient (Wildman–Crippen LogP) is 1.66. The van der Waals surface area contributed by atoms with Crippen molar-refractivity contribution in [2.24, 2.45) is 5.92 Å². The molecule has 1 aliphatic heterocycles. The van der Waals surface area contributed by atoms with Gasteiger partial charge in [-0.1, -0.05) is 32.1 Å². The summed E-state index contributed by atoms with van der Waals surface area (Å²) in [5.74, 6) is 0.840. The number of hydrazine groups is 1. The van der Waals surface area contributed by atoms with Crippen molar-refractivity contribution in [3.8, 4) is 0 Å². The van der Waals surface area contributed by atoms with Crippen molar-refractivity contribution in [2.45, 2.75) is 38.5 Å². The van der Waals surface area contributed by atoms with Crippen molar-refractivity contribution in [1.29, 1.82) is 0 Å². The number of carbonyl (C=O) groups is 1. The zero-order chi connectivity index (χ0) is 11.9. The van der Waals surface area contributed by atoms with Gasteiger partial charge in [-0.15, -0.1) is 0 Å². The quantitative estimate of drug-likeness (QED) is 0.685. The monoisotopic (exact) mass is 240 g/mol. The van der Waals surface area contributed by atoms with E-state index in [1.807, 2.05) is 5.01 Å². The smallest absolute Gasteiger partial charge is 0.224 e. The van der Waals surface area contributed by atoms with E-state index in [-0.39, 0.29) is 0 Å². The van der Waals surface area contributed by atoms with Crippen molar-refractivity contribution < 1.29 is 9.53 Å². The van der Waals surface area contributed by atoms with Crippen molar-refractivity contribution in [3.63, 3.8) is 0 Å². The van der Waals surface area contributed by atoms with Gasteiger partial charge in [0.2, 0.25) is 6.41 Å². The van der Waals surface area contributed by atoms with Crippen LogP contribution in [0.5, 0.6) is 0 Å². The Morgan fingerprint density at radius 3 is 2.53 bits per heavy atom. The summed E-state index contributed by atoms with van der Waals surface area (Å²) in [5, 5.41) is 3.98. The number of carbonyl (C=O) groups excluding carboxylic acids is 1. The molecule has 0 spiro atoms. The number of ether oxygens (including phenoxy) is 1. The van der Waals surface area contributed by atoms with E-state index in [4.69, 9.17) is 4.74 Å². The lowest BCUT2D eigenvalue weighted by Crippen LogP contribution is -2.48. The van der Waals surface area contributed by atoms with E-state index >= 15 is 0 Å². The van der Waals surface area contributed by atoms with Gasteiger partial charge in [0.1, 0.15) is 0 Å². The minimum absolute atomic E-state index is 0.744. The van der Waals surface area contributed by atoms with E-state index in [0.29, 0.717) is 0 Å². The number of amides is 1. The van der Waals surface area contributed by atoms with Gasteiger partial charge in [0, 0.05) is 19.6 Å². The molecule has 2 aliphatic rings. The third kappa shape index (κ3) is 3.96. The first-order valence-corrected chi connectivity index (χ1v) is 6.94. The van der Waals surface area contributed by atoms with Crippen LogP contribution < -0.4 is 0 Å². The normalized spacial score (nSPS) is 23.5. The van der Waals surface area contributed by atoms with Crippen molar-refractivity contribution >= 4 is 6.41 Å². The van der Waals surface area contributed by atoms with E-state index in [1.54, 1.807) is 0 Å². The summed E-state index contributed by atoms with van der Waals surface area (Å²) in [7, 11) is 0. The lowest BCUT2D eigenvalue weighted by atomic mass is 9.87. The van der Waals surface area contributed by atoms with Gasteiger partial charge in [0.05, 0.1) is 13.2 Å². The summed E-state index contributed by atoms with van der Waals surface area (Å²) >= 11 is 0. The molecule has 1 amide bonds. The van der Waals surface area contributed by atoms with E-state index in [2.05, 4.69) is 5.01 Å². The van der Waals surface area contributed by atoms with Crippen LogP contribution in [-0.2, 0) is 9.53 Å². The molecule has 0 bridgehead atoms. The van der Waals surface area contributed by atoms with Crippen molar-refractivity contribution in [2.75, 3.05) is 32.8 Å². The number of nitrogens with zero attached hydrogens (tertiary/aromatic N) is 2. The molecular formula is C13H24N2O2. The van der Waals surface area contributed by atoms with Crippen LogP contribution in [0.1, 0.15) is 38.5 Å². The summed E-state index contributed by atoms with van der Waals surface area (Å²) in [6, 6.07) is 0. The Morgan fingerprint density at radius 2 is 1.88 bits per heavy atom. The molecule has 0 aromatic rings. The molecule has 0 radical (unpaired) electrons. The highest BCUT2D eigenvalue weighted by molar-refractivity contribution is 5.46. The van der Waals surface area contributed by atoms with Crippen LogP contribution in [-0.4, -0.2) is 49.3 Å². The maximum atomic E-state index is 11.1. The lowest BCUT2D eigenvalue weighted by Gasteiger charge is -2.35. The molecule has 1 heterocycles. The fraction of sp³-hybridized carbons (Fsp3) is 0.923. The van der Waals surface area contributed by atoms with Crippen molar-refractivity contribution in [1.82, 2.24) is 10.0 Å². The number of hydrogen-bond donors (Lipinski definition) is 0. The van der Waals surface area contributed by atoms with E-state index in [9.17, 15) is 4.79 Å². The standard InChI is InChI=1S/C13H24N2O2/c16-12-15(14-8-10-17-11-9-14)7-6-13-4-2-1-3-5-13/h12-13H,1-11H2. The average molecular weight is 240 g/mol. The summed E-state index contributed by atoms with van der Waals surface area (Å²) in [6.45, 7) is 4.07. The molecule has 0 aromatic carbocycles. The van der Waals surface area contributed by atoms with Gasteiger partial charge in [-0.05, 0) is 12.3 Å². The highest BCUT2D eigenvalue weighted by atomic mass is 16.5. The Labute approximate surface area is 104 Å². The lowest BCUT2D eigenvalue weighted by molar-refractivity contribution is -0.143. The zero-order valence-electron chi connectivity index (χ0n) is 10.6. The molecule has 98 valence electrons. The second-order valence-corrected chi connectivity index (χ2v) is 5.13. The molecule has 17 heavy (non-hydrogen) atoms. The fourth-order valence-corrected chi connectivity index (χ4v) is 2.86. The van der Waals surface area contributed by atoms with Gasteiger partial charge in [-0.25, -0.2) is 5.01 Å². The molecule has 1 saturated heterocycles. The maximum absolute atomic E-state index is 11.1. The second-order valence-electron chi connectivity index (χ2n) is 5.13. The Bertz CT molecular complexity index is 223. The van der Waals surface area contributed by atoms with E-state index in [0.717, 1.165) is 51.6 Å². The predicted molar refractivity (Wildman–Crippen MR) is 66.4 cm³/mol. The third-order valence-corrected chi connectivity index (χ3v) is 3.96. The Kier molecular flexibility index (Phi) is 5.26. The molecule has 0 aromatic heterocycles. The van der Waals surface area contributed by atoms with Crippen LogP contribution in [0.4, 0.5) is 0 Å². The molecule has 1 aliphatic carbocycles. The van der Waals surface area contributed by atoms with Crippen LogP contribution in [0, 0.1) is 5.92 Å². The minimum atomic E-state index is 0.744. The van der Waals surface area contributed by atoms with Gasteiger partial charge in [-0.3, -0.25) is 9.80 Å². The van der Waals surface area contributed by atoms with Gasteiger partial charge in [0.15, 0.2) is 0 Å². The number of morpholine rings is 1. The highest BCUT2D eigenvalue weighted by Crippen LogP contribution is 2.26. The largest absolute Gasteiger partial charge is 0.379 e. The van der Waals surface area contributed by atoms with Crippen LogP contribution in [0.3, 0.4) is 0 Å². The summed E-state index contributed by atoms with van der Waals surface area (Å²) in [4.78, 5) is 11.1. The molecular weight excluding hydrogens is 216 g/mol. The van der Waals surface area contributed by atoms with Crippen LogP contribution in [0.25, 0.3) is 0 Å². The Morgan fingerprint density at radius 1 is 1.18 bits per heavy atom. The summed E-state index contributed by atoms with van der Waals surface area (Å²) in [6.07, 6.45) is 9.01. The molecule has 2 rings (SSSR count). The van der Waals surface area contributed by atoms with E-state index in [1.165, 1.54) is 32.1 Å². The Balaban J connectivity index is 1.72. The van der Waals surface area contributed by atoms with Crippen molar-refractivity contribution in [3.05, 3.63) is 0 Å². The average Bonchev–Trinajstić information content (AvgIpc) is 2.42. The highest BCUT2D eigenvalue weighted by Gasteiger charge is 2.19. The minimum Gasteiger partial charge on any atom is -0.379 e. The Hall–Kier alpha value is -0.610. The van der Waals surface area contributed by atoms with Gasteiger partial charge in [-0.2, -0.15) is 0 Å². The molecule has 1 saturated carbocycles. The second kappa shape index (κ2) is 6.97. The van der Waals surface area contributed by atoms with Crippen LogP contribution >= 0.6 is 0 Å². The fourth-order valence-electron chi connectivity index (χ4n) is 2.86. The molecule has 2 fully saturated rings. The first-order chi connectivity index (χ1) is 8.40. The molecule has 0 atom stereocenters. The zero-order valence-corrected chi connectivity index (χ0v) is 10.6. The van der Waals surface area contributed by atoms with Gasteiger partial charge >= 0.3 is 0 Å². The molecule has 4 nitrogen and oxygen atoms in total. The van der Waals surface area contributed by atoms with E-state index < -0.39 is 0 Å². The third-order valence-electron chi connectivity index (χ3n) is 3.96. The summed E-state index contributed by atoms with van der Waals surface area (Å²) < 4.78 is 5.30. The molecule has 0 N–H and O–H groups in total. The topological polar surface area (TPSA) is 32.8 Å². The summed E-state index contributed by atoms with van der Waals surface area (Å²) in [5.41, 5.74) is 0. The van der Waals surface area contributed by atoms with Gasteiger partial charge < -0.3 is 4.74 Å². The van der Waals surface area contributed by atoms with Gasteiger partial charge in [0.25, 0.3) is 0 Å².